The third kappa shape index (κ3) is 5.15. The Hall–Kier alpha value is -0.990. The second-order valence-electron chi connectivity index (χ2n) is 1.75. The highest BCUT2D eigenvalue weighted by Crippen LogP contribution is 1.77. The van der Waals surface area contributed by atoms with Crippen LogP contribution in [0.2, 0.25) is 0 Å². The Labute approximate surface area is 61.1 Å². The van der Waals surface area contributed by atoms with Gasteiger partial charge in [0.15, 0.2) is 0 Å². The van der Waals surface area contributed by atoms with E-state index in [-0.39, 0.29) is 6.09 Å². The van der Waals surface area contributed by atoms with Gasteiger partial charge in [-0.1, -0.05) is 19.1 Å². The number of hydrogen-bond acceptors (Lipinski definition) is 2. The van der Waals surface area contributed by atoms with Crippen molar-refractivity contribution >= 4 is 6.09 Å². The summed E-state index contributed by atoms with van der Waals surface area (Å²) in [5.74, 6) is 0. The topological polar surface area (TPSA) is 38.3 Å². The molecule has 3 heteroatoms. The van der Waals surface area contributed by atoms with Crippen LogP contribution in [-0.2, 0) is 4.74 Å². The minimum absolute atomic E-state index is 0.388. The molecule has 10 heavy (non-hydrogen) atoms. The highest BCUT2D eigenvalue weighted by molar-refractivity contribution is 5.66. The highest BCUT2D eigenvalue weighted by Gasteiger charge is 1.91. The molecule has 0 radical (unpaired) electrons. The molecule has 1 N–H and O–H groups in total. The van der Waals surface area contributed by atoms with E-state index in [2.05, 4.69) is 10.1 Å². The van der Waals surface area contributed by atoms with Crippen molar-refractivity contribution in [3.8, 4) is 0 Å². The van der Waals surface area contributed by atoms with Crippen molar-refractivity contribution in [3.63, 3.8) is 0 Å². The van der Waals surface area contributed by atoms with Crippen molar-refractivity contribution in [2.24, 2.45) is 0 Å². The quantitative estimate of drug-likeness (QED) is 0.605. The van der Waals surface area contributed by atoms with Gasteiger partial charge in [0.25, 0.3) is 0 Å². The first-order chi connectivity index (χ1) is 4.81. The molecular formula is C7H13NO2. The lowest BCUT2D eigenvalue weighted by Gasteiger charge is -1.97. The van der Waals surface area contributed by atoms with E-state index >= 15 is 0 Å². The van der Waals surface area contributed by atoms with Crippen LogP contribution in [0.25, 0.3) is 0 Å². The van der Waals surface area contributed by atoms with Crippen LogP contribution >= 0.6 is 0 Å². The minimum Gasteiger partial charge on any atom is -0.453 e. The molecule has 0 bridgehead atoms. The maximum Gasteiger partial charge on any atom is 0.407 e. The minimum atomic E-state index is -0.388. The largest absolute Gasteiger partial charge is 0.453 e. The number of methoxy groups -OCH3 is 1. The average molecular weight is 143 g/mol. The summed E-state index contributed by atoms with van der Waals surface area (Å²) in [6, 6.07) is 0. The zero-order chi connectivity index (χ0) is 7.82. The van der Waals surface area contributed by atoms with E-state index < -0.39 is 0 Å². The molecule has 0 aliphatic carbocycles. The van der Waals surface area contributed by atoms with Gasteiger partial charge in [-0.15, -0.1) is 0 Å². The number of amides is 1. The maximum atomic E-state index is 10.4. The first kappa shape index (κ1) is 9.01. The molecule has 58 valence electrons. The van der Waals surface area contributed by atoms with Gasteiger partial charge >= 0.3 is 6.09 Å². The van der Waals surface area contributed by atoms with Crippen molar-refractivity contribution in [2.75, 3.05) is 13.7 Å². The molecule has 0 aliphatic rings. The summed E-state index contributed by atoms with van der Waals surface area (Å²) in [5.41, 5.74) is 0. The lowest BCUT2D eigenvalue weighted by atomic mass is 10.4. The van der Waals surface area contributed by atoms with Gasteiger partial charge in [0.05, 0.1) is 7.11 Å². The second-order valence-corrected chi connectivity index (χ2v) is 1.75. The fourth-order valence-electron chi connectivity index (χ4n) is 0.464. The number of ether oxygens (including phenoxy) is 1. The fourth-order valence-corrected chi connectivity index (χ4v) is 0.464. The molecule has 0 aromatic carbocycles. The van der Waals surface area contributed by atoms with Crippen molar-refractivity contribution in [3.05, 3.63) is 12.2 Å². The van der Waals surface area contributed by atoms with Crippen LogP contribution < -0.4 is 5.32 Å². The molecular weight excluding hydrogens is 130 g/mol. The summed E-state index contributed by atoms with van der Waals surface area (Å²) in [4.78, 5) is 10.4. The Morgan fingerprint density at radius 2 is 2.30 bits per heavy atom. The number of rotatable bonds is 3. The van der Waals surface area contributed by atoms with Gasteiger partial charge in [-0.3, -0.25) is 0 Å². The van der Waals surface area contributed by atoms with Gasteiger partial charge in [-0.25, -0.2) is 4.79 Å². The van der Waals surface area contributed by atoms with Crippen molar-refractivity contribution in [1.29, 1.82) is 0 Å². The molecule has 0 saturated carbocycles. The molecule has 0 saturated heterocycles. The van der Waals surface area contributed by atoms with Gasteiger partial charge in [0.2, 0.25) is 0 Å². The van der Waals surface area contributed by atoms with E-state index in [0.29, 0.717) is 6.54 Å². The summed E-state index contributed by atoms with van der Waals surface area (Å²) < 4.78 is 4.35. The summed E-state index contributed by atoms with van der Waals surface area (Å²) in [6.07, 6.45) is 4.47. The molecule has 0 heterocycles. The Kier molecular flexibility index (Phi) is 5.53. The van der Waals surface area contributed by atoms with Crippen LogP contribution in [0.5, 0.6) is 0 Å². The molecule has 0 aliphatic heterocycles. The second kappa shape index (κ2) is 6.13. The SMILES string of the molecule is CC/C=C/CNC(=O)OC. The number of alkyl carbamates (subject to hydrolysis) is 1. The summed E-state index contributed by atoms with van der Waals surface area (Å²) in [6.45, 7) is 2.58. The molecule has 0 rings (SSSR count). The molecule has 1 amide bonds. The van der Waals surface area contributed by atoms with Crippen molar-refractivity contribution < 1.29 is 9.53 Å². The van der Waals surface area contributed by atoms with Gasteiger partial charge in [-0.2, -0.15) is 0 Å². The van der Waals surface area contributed by atoms with Crippen LogP contribution in [0, 0.1) is 0 Å². The van der Waals surface area contributed by atoms with E-state index in [4.69, 9.17) is 0 Å². The van der Waals surface area contributed by atoms with Gasteiger partial charge in [-0.05, 0) is 6.42 Å². The normalized spacial score (nSPS) is 9.80. The standard InChI is InChI=1S/C7H13NO2/c1-3-4-5-6-8-7(9)10-2/h4-5H,3,6H2,1-2H3,(H,8,9)/b5-4+. The van der Waals surface area contributed by atoms with Gasteiger partial charge in [0.1, 0.15) is 0 Å². The highest BCUT2D eigenvalue weighted by atomic mass is 16.5. The zero-order valence-electron chi connectivity index (χ0n) is 6.39. The number of allylic oxidation sites excluding steroid dienone is 1. The predicted octanol–water partition coefficient (Wildman–Crippen LogP) is 1.31. The summed E-state index contributed by atoms with van der Waals surface area (Å²) in [5, 5.41) is 2.52. The summed E-state index contributed by atoms with van der Waals surface area (Å²) >= 11 is 0. The lowest BCUT2D eigenvalue weighted by molar-refractivity contribution is 0.172. The number of carbonyl (C=O) groups excluding carboxylic acids is 1. The molecule has 0 aromatic rings. The van der Waals surface area contributed by atoms with Crippen LogP contribution in [0.15, 0.2) is 12.2 Å². The van der Waals surface area contributed by atoms with Crippen molar-refractivity contribution in [2.45, 2.75) is 13.3 Å². The third-order valence-corrected chi connectivity index (χ3v) is 0.952. The fraction of sp³-hybridized carbons (Fsp3) is 0.571. The van der Waals surface area contributed by atoms with E-state index in [1.165, 1.54) is 7.11 Å². The van der Waals surface area contributed by atoms with E-state index in [1.54, 1.807) is 0 Å². The number of carbonyl (C=O) groups is 1. The van der Waals surface area contributed by atoms with Crippen LogP contribution in [0.1, 0.15) is 13.3 Å². The Bertz CT molecular complexity index is 121. The van der Waals surface area contributed by atoms with E-state index in [9.17, 15) is 4.79 Å². The van der Waals surface area contributed by atoms with Crippen molar-refractivity contribution in [1.82, 2.24) is 5.32 Å². The van der Waals surface area contributed by atoms with Crippen LogP contribution in [-0.4, -0.2) is 19.7 Å². The van der Waals surface area contributed by atoms with Crippen LogP contribution in [0.4, 0.5) is 4.79 Å². The van der Waals surface area contributed by atoms with Gasteiger partial charge in [0, 0.05) is 6.54 Å². The molecule has 0 fully saturated rings. The molecule has 3 nitrogen and oxygen atoms in total. The van der Waals surface area contributed by atoms with E-state index in [0.717, 1.165) is 6.42 Å². The first-order valence-electron chi connectivity index (χ1n) is 3.28. The molecule has 0 aromatic heterocycles. The number of hydrogen-bond donors (Lipinski definition) is 1. The maximum absolute atomic E-state index is 10.4. The smallest absolute Gasteiger partial charge is 0.407 e. The molecule has 0 unspecified atom stereocenters. The predicted molar refractivity (Wildman–Crippen MR) is 39.8 cm³/mol. The molecule has 0 spiro atoms. The van der Waals surface area contributed by atoms with E-state index in [1.807, 2.05) is 19.1 Å². The number of nitrogens with one attached hydrogen (secondary N) is 1. The summed E-state index contributed by atoms with van der Waals surface area (Å²) in [7, 11) is 1.35. The third-order valence-electron chi connectivity index (χ3n) is 0.952. The molecule has 0 atom stereocenters. The first-order valence-corrected chi connectivity index (χ1v) is 3.28. The van der Waals surface area contributed by atoms with Gasteiger partial charge < -0.3 is 10.1 Å². The Morgan fingerprint density at radius 3 is 2.80 bits per heavy atom. The zero-order valence-corrected chi connectivity index (χ0v) is 6.39. The lowest BCUT2D eigenvalue weighted by Crippen LogP contribution is -2.22. The average Bonchev–Trinajstić information content (AvgIpc) is 1.98. The Morgan fingerprint density at radius 1 is 1.60 bits per heavy atom. The monoisotopic (exact) mass is 143 g/mol. The van der Waals surface area contributed by atoms with Crippen LogP contribution in [0.3, 0.4) is 0 Å². The Balaban J connectivity index is 3.19.